The molecule has 0 radical (unpaired) electrons. The normalized spacial score (nSPS) is 16.5. The molecule has 1 saturated heterocycles. The van der Waals surface area contributed by atoms with Gasteiger partial charge in [-0.2, -0.15) is 0 Å². The van der Waals surface area contributed by atoms with E-state index in [1.807, 2.05) is 0 Å². The van der Waals surface area contributed by atoms with Crippen molar-refractivity contribution in [3.05, 3.63) is 56.7 Å². The number of benzene rings is 1. The summed E-state index contributed by atoms with van der Waals surface area (Å²) >= 11 is 1.79. The predicted octanol–water partition coefficient (Wildman–Crippen LogP) is 3.44. The SMILES string of the molecule is O=C(c1ccc([N+](=O)[O-])cc1)N1CCN(c2ncnc3sc4c(c23)CCCC4)CC1. The molecule has 3 aromatic rings. The van der Waals surface area contributed by atoms with Crippen molar-refractivity contribution in [3.63, 3.8) is 0 Å². The number of aromatic nitrogens is 2. The molecule has 1 fully saturated rings. The minimum Gasteiger partial charge on any atom is -0.352 e. The van der Waals surface area contributed by atoms with Crippen LogP contribution >= 0.6 is 11.3 Å². The van der Waals surface area contributed by atoms with Crippen LogP contribution in [0.2, 0.25) is 0 Å². The van der Waals surface area contributed by atoms with Crippen LogP contribution in [0, 0.1) is 10.1 Å². The molecule has 0 atom stereocenters. The average Bonchev–Trinajstić information content (AvgIpc) is 3.17. The van der Waals surface area contributed by atoms with E-state index in [1.54, 1.807) is 22.6 Å². The number of nitro benzene ring substituents is 1. The number of nitro groups is 1. The van der Waals surface area contributed by atoms with Gasteiger partial charge in [0.25, 0.3) is 11.6 Å². The molecule has 2 aromatic heterocycles. The van der Waals surface area contributed by atoms with Gasteiger partial charge < -0.3 is 9.80 Å². The Morgan fingerprint density at radius 2 is 1.77 bits per heavy atom. The number of non-ortho nitro benzene ring substituents is 1. The minimum atomic E-state index is -0.460. The highest BCUT2D eigenvalue weighted by molar-refractivity contribution is 7.19. The van der Waals surface area contributed by atoms with E-state index in [0.717, 1.165) is 23.5 Å². The van der Waals surface area contributed by atoms with Crippen molar-refractivity contribution in [2.24, 2.45) is 0 Å². The number of carbonyl (C=O) groups excluding carboxylic acids is 1. The second-order valence-corrected chi connectivity index (χ2v) is 8.76. The van der Waals surface area contributed by atoms with E-state index < -0.39 is 4.92 Å². The number of hydrogen-bond acceptors (Lipinski definition) is 7. The van der Waals surface area contributed by atoms with Gasteiger partial charge in [0, 0.05) is 48.8 Å². The number of amides is 1. The molecule has 5 rings (SSSR count). The third kappa shape index (κ3) is 3.28. The van der Waals surface area contributed by atoms with Gasteiger partial charge in [-0.3, -0.25) is 14.9 Å². The molecule has 2 aliphatic rings. The molecule has 0 unspecified atom stereocenters. The fourth-order valence-electron chi connectivity index (χ4n) is 4.34. The Hall–Kier alpha value is -3.07. The molecule has 30 heavy (non-hydrogen) atoms. The Bertz CT molecular complexity index is 1120. The van der Waals surface area contributed by atoms with Crippen LogP contribution in [0.25, 0.3) is 10.2 Å². The van der Waals surface area contributed by atoms with Gasteiger partial charge in [-0.15, -0.1) is 11.3 Å². The number of fused-ring (bicyclic) bond motifs is 3. The lowest BCUT2D eigenvalue weighted by molar-refractivity contribution is -0.384. The van der Waals surface area contributed by atoms with Gasteiger partial charge >= 0.3 is 0 Å². The first-order valence-electron chi connectivity index (χ1n) is 10.2. The third-order valence-corrected chi connectivity index (χ3v) is 7.12. The molecule has 9 heteroatoms. The van der Waals surface area contributed by atoms with Crippen molar-refractivity contribution in [1.29, 1.82) is 0 Å². The number of rotatable bonds is 3. The summed E-state index contributed by atoms with van der Waals surface area (Å²) < 4.78 is 0. The lowest BCUT2D eigenvalue weighted by Crippen LogP contribution is -2.49. The Morgan fingerprint density at radius 1 is 1.03 bits per heavy atom. The van der Waals surface area contributed by atoms with Crippen molar-refractivity contribution < 1.29 is 9.72 Å². The summed E-state index contributed by atoms with van der Waals surface area (Å²) in [4.78, 5) is 38.9. The zero-order chi connectivity index (χ0) is 20.7. The zero-order valence-electron chi connectivity index (χ0n) is 16.4. The van der Waals surface area contributed by atoms with Crippen LogP contribution < -0.4 is 4.90 Å². The lowest BCUT2D eigenvalue weighted by atomic mass is 9.97. The molecular weight excluding hydrogens is 402 g/mol. The Labute approximate surface area is 177 Å². The molecule has 154 valence electrons. The molecule has 0 bridgehead atoms. The molecule has 0 spiro atoms. The van der Waals surface area contributed by atoms with Gasteiger partial charge in [0.15, 0.2) is 0 Å². The van der Waals surface area contributed by atoms with Gasteiger partial charge in [-0.25, -0.2) is 9.97 Å². The molecule has 1 amide bonds. The van der Waals surface area contributed by atoms with Gasteiger partial charge in [-0.1, -0.05) is 0 Å². The first-order chi connectivity index (χ1) is 14.6. The van der Waals surface area contributed by atoms with Crippen LogP contribution in [0.4, 0.5) is 11.5 Å². The first kappa shape index (κ1) is 18.9. The number of piperazine rings is 1. The zero-order valence-corrected chi connectivity index (χ0v) is 17.2. The van der Waals surface area contributed by atoms with E-state index in [1.165, 1.54) is 52.9 Å². The van der Waals surface area contributed by atoms with Crippen molar-refractivity contribution in [2.75, 3.05) is 31.1 Å². The van der Waals surface area contributed by atoms with Crippen molar-refractivity contribution in [1.82, 2.24) is 14.9 Å². The Morgan fingerprint density at radius 3 is 2.50 bits per heavy atom. The van der Waals surface area contributed by atoms with Crippen molar-refractivity contribution in [3.8, 4) is 0 Å². The molecule has 0 N–H and O–H groups in total. The summed E-state index contributed by atoms with van der Waals surface area (Å²) in [6.45, 7) is 2.59. The quantitative estimate of drug-likeness (QED) is 0.473. The highest BCUT2D eigenvalue weighted by Gasteiger charge is 2.27. The molecule has 0 saturated carbocycles. The second-order valence-electron chi connectivity index (χ2n) is 7.67. The van der Waals surface area contributed by atoms with Crippen LogP contribution in [0.15, 0.2) is 30.6 Å². The number of thiophene rings is 1. The topological polar surface area (TPSA) is 92.5 Å². The molecular formula is C21H21N5O3S. The number of aryl methyl sites for hydroxylation is 2. The maximum Gasteiger partial charge on any atom is 0.269 e. The summed E-state index contributed by atoms with van der Waals surface area (Å²) in [6, 6.07) is 5.80. The molecule has 8 nitrogen and oxygen atoms in total. The van der Waals surface area contributed by atoms with Crippen LogP contribution in [0.1, 0.15) is 33.6 Å². The van der Waals surface area contributed by atoms with Crippen LogP contribution in [-0.4, -0.2) is 51.9 Å². The fraction of sp³-hybridized carbons (Fsp3) is 0.381. The van der Waals surface area contributed by atoms with Gasteiger partial charge in [0.1, 0.15) is 17.0 Å². The Kier molecular flexibility index (Phi) is 4.82. The average molecular weight is 423 g/mol. The smallest absolute Gasteiger partial charge is 0.269 e. The van der Waals surface area contributed by atoms with E-state index in [4.69, 9.17) is 0 Å². The third-order valence-electron chi connectivity index (χ3n) is 5.92. The summed E-state index contributed by atoms with van der Waals surface area (Å²) in [5.74, 6) is 0.895. The van der Waals surface area contributed by atoms with Crippen LogP contribution in [0.3, 0.4) is 0 Å². The predicted molar refractivity (Wildman–Crippen MR) is 115 cm³/mol. The Balaban J connectivity index is 1.33. The monoisotopic (exact) mass is 423 g/mol. The number of carbonyl (C=O) groups is 1. The minimum absolute atomic E-state index is 0.0109. The molecule has 1 aliphatic carbocycles. The molecule has 3 heterocycles. The lowest BCUT2D eigenvalue weighted by Gasteiger charge is -2.35. The van der Waals surface area contributed by atoms with E-state index in [-0.39, 0.29) is 11.6 Å². The summed E-state index contributed by atoms with van der Waals surface area (Å²) in [5.41, 5.74) is 1.88. The second kappa shape index (κ2) is 7.64. The maximum atomic E-state index is 12.8. The van der Waals surface area contributed by atoms with E-state index in [2.05, 4.69) is 14.9 Å². The highest BCUT2D eigenvalue weighted by atomic mass is 32.1. The summed E-state index contributed by atoms with van der Waals surface area (Å²) in [6.07, 6.45) is 6.33. The van der Waals surface area contributed by atoms with Gasteiger partial charge in [0.05, 0.1) is 10.3 Å². The first-order valence-corrected chi connectivity index (χ1v) is 11.0. The highest BCUT2D eigenvalue weighted by Crippen LogP contribution is 2.39. The summed E-state index contributed by atoms with van der Waals surface area (Å²) in [5, 5.41) is 12.0. The fourth-order valence-corrected chi connectivity index (χ4v) is 5.57. The van der Waals surface area contributed by atoms with E-state index >= 15 is 0 Å². The maximum absolute atomic E-state index is 12.8. The van der Waals surface area contributed by atoms with Crippen molar-refractivity contribution in [2.45, 2.75) is 25.7 Å². The van der Waals surface area contributed by atoms with Gasteiger partial charge in [0.2, 0.25) is 0 Å². The standard InChI is InChI=1S/C21H21N5O3S/c27-21(14-5-7-15(8-6-14)26(28)29)25-11-9-24(10-12-25)19-18-16-3-1-2-4-17(16)30-20(18)23-13-22-19/h5-8,13H,1-4,9-12H2. The van der Waals surface area contributed by atoms with Crippen LogP contribution in [0.5, 0.6) is 0 Å². The number of nitrogens with zero attached hydrogens (tertiary/aromatic N) is 5. The number of anilines is 1. The summed E-state index contributed by atoms with van der Waals surface area (Å²) in [7, 11) is 0. The molecule has 1 aromatic carbocycles. The largest absolute Gasteiger partial charge is 0.352 e. The van der Waals surface area contributed by atoms with Crippen LogP contribution in [-0.2, 0) is 12.8 Å². The van der Waals surface area contributed by atoms with E-state index in [0.29, 0.717) is 31.7 Å². The van der Waals surface area contributed by atoms with E-state index in [9.17, 15) is 14.9 Å². The molecule has 1 aliphatic heterocycles. The number of hydrogen-bond donors (Lipinski definition) is 0. The van der Waals surface area contributed by atoms with Crippen molar-refractivity contribution >= 4 is 39.0 Å². The van der Waals surface area contributed by atoms with Gasteiger partial charge in [-0.05, 0) is 43.4 Å².